The maximum atomic E-state index is 9.62. The van der Waals surface area contributed by atoms with Crippen LogP contribution < -0.4 is 11.4 Å². The van der Waals surface area contributed by atoms with E-state index in [4.69, 9.17) is 15.9 Å². The maximum Gasteiger partial charge on any atom is 0.328 e. The summed E-state index contributed by atoms with van der Waals surface area (Å²) in [6.07, 6.45) is 7.59. The van der Waals surface area contributed by atoms with Crippen molar-refractivity contribution < 1.29 is 25.4 Å². The number of nitrogens with two attached hydrogens (primary N) is 2. The van der Waals surface area contributed by atoms with Crippen LogP contribution in [0.4, 0.5) is 0 Å². The molecule has 0 amide bonds. The fraction of sp³-hybridized carbons (Fsp3) is 0.167. The molecule has 0 spiro atoms. The van der Waals surface area contributed by atoms with E-state index in [0.717, 1.165) is 12.2 Å². The third-order valence-corrected chi connectivity index (χ3v) is 0.850. The number of carboxylic acid groups (broad SMARTS) is 2. The van der Waals surface area contributed by atoms with Crippen LogP contribution in [0.15, 0.2) is 49.6 Å². The van der Waals surface area contributed by atoms with Crippen molar-refractivity contribution in [3.05, 3.63) is 49.6 Å². The molecular weight excluding hydrogens is 236 g/mol. The molecule has 0 aliphatic rings. The Morgan fingerprint density at radius 3 is 1.44 bits per heavy atom. The molecule has 0 saturated carbocycles. The zero-order valence-corrected chi connectivity index (χ0v) is 9.90. The quantitative estimate of drug-likeness (QED) is 0.390. The number of allylic oxidation sites excluding steroid dienone is 4. The van der Waals surface area contributed by atoms with Crippen molar-refractivity contribution in [1.29, 1.82) is 0 Å². The van der Waals surface area contributed by atoms with Crippen molar-refractivity contribution >= 4 is 11.9 Å². The summed E-state index contributed by atoms with van der Waals surface area (Å²) in [5, 5.41) is 15.8. The fourth-order valence-electron chi connectivity index (χ4n) is 0.301. The summed E-state index contributed by atoms with van der Waals surface area (Å²) in [6.45, 7) is 6.77. The molecule has 0 atom stereocenters. The smallest absolute Gasteiger partial charge is 0.328 e. The highest BCUT2D eigenvalue weighted by Crippen LogP contribution is 1.70. The Kier molecular flexibility index (Phi) is 13.8. The summed E-state index contributed by atoms with van der Waals surface area (Å²) in [5.41, 5.74) is 0.881. The summed E-state index contributed by atoms with van der Waals surface area (Å²) in [5.74, 6) is -1.89. The molecule has 6 N–H and O–H groups in total. The Balaban J connectivity index is -0.000000247. The Morgan fingerprint density at radius 2 is 1.33 bits per heavy atom. The standard InChI is InChI=1S/2C5H6O2.C2H8N2/c2*1-2-3-4-5(6)7;3-1-2-4/h2*2-4H,1H2,(H,6,7);1-4H2/i/hD4. The monoisotopic (exact) mass is 260 g/mol. The van der Waals surface area contributed by atoms with Crippen molar-refractivity contribution in [2.45, 2.75) is 0 Å². The lowest BCUT2D eigenvalue weighted by Gasteiger charge is -1.72. The van der Waals surface area contributed by atoms with E-state index < -0.39 is 11.9 Å². The minimum atomic E-state index is -0.945. The van der Waals surface area contributed by atoms with Gasteiger partial charge in [0.05, 0.1) is 0 Å². The first-order valence-electron chi connectivity index (χ1n) is 6.50. The van der Waals surface area contributed by atoms with Crippen LogP contribution in [0, 0.1) is 0 Å². The van der Waals surface area contributed by atoms with Crippen LogP contribution in [0.25, 0.3) is 0 Å². The molecule has 0 bridgehead atoms. The van der Waals surface area contributed by atoms with Gasteiger partial charge in [0.15, 0.2) is 0 Å². The highest BCUT2D eigenvalue weighted by Gasteiger charge is 1.78. The van der Waals surface area contributed by atoms with Gasteiger partial charge in [-0.2, -0.15) is 0 Å². The van der Waals surface area contributed by atoms with Gasteiger partial charge < -0.3 is 21.7 Å². The number of carboxylic acids is 2. The van der Waals surface area contributed by atoms with E-state index in [9.17, 15) is 9.59 Å². The van der Waals surface area contributed by atoms with Gasteiger partial charge in [0, 0.05) is 25.2 Å². The van der Waals surface area contributed by atoms with Crippen molar-refractivity contribution in [3.8, 4) is 0 Å². The number of carbonyl (C=O) groups is 2. The predicted molar refractivity (Wildman–Crippen MR) is 72.1 cm³/mol. The van der Waals surface area contributed by atoms with Gasteiger partial charge in [-0.3, -0.25) is 0 Å². The third-order valence-electron chi connectivity index (χ3n) is 0.850. The maximum absolute atomic E-state index is 9.62. The highest BCUT2D eigenvalue weighted by molar-refractivity contribution is 5.80. The van der Waals surface area contributed by atoms with Crippen LogP contribution in [0.2, 0.25) is 5.65 Å². The second-order valence-corrected chi connectivity index (χ2v) is 2.31. The van der Waals surface area contributed by atoms with Crippen LogP contribution in [0.3, 0.4) is 0 Å². The van der Waals surface area contributed by atoms with Crippen molar-refractivity contribution in [3.63, 3.8) is 0 Å². The van der Waals surface area contributed by atoms with Crippen LogP contribution >= 0.6 is 0 Å². The first-order chi connectivity index (χ1) is 10.2. The second-order valence-electron chi connectivity index (χ2n) is 2.31. The summed E-state index contributed by atoms with van der Waals surface area (Å²) < 4.78 is 25.9. The molecular formula is C12H20N2O4. The number of hydrogen-bond acceptors (Lipinski definition) is 4. The first-order valence-corrected chi connectivity index (χ1v) is 4.72. The molecule has 0 radical (unpaired) electrons. The average molecular weight is 260 g/mol. The van der Waals surface area contributed by atoms with Gasteiger partial charge in [-0.25, -0.2) is 9.59 Å². The number of rotatable bonds is 7. The molecule has 0 rings (SSSR count). The SMILES string of the molecule is C=CC=CC(=O)O.C=CC=CC(=O)O.[2H]N([2H])CCN([2H])[2H]. The van der Waals surface area contributed by atoms with E-state index in [-0.39, 0.29) is 13.1 Å². The lowest BCUT2D eigenvalue weighted by molar-refractivity contribution is -0.132. The molecule has 0 aliphatic carbocycles. The molecule has 6 nitrogen and oxygen atoms in total. The minimum Gasteiger partial charge on any atom is -0.478 e. The summed E-state index contributed by atoms with van der Waals surface area (Å²) in [7, 11) is 0. The molecule has 0 saturated heterocycles. The van der Waals surface area contributed by atoms with Crippen molar-refractivity contribution in [1.82, 2.24) is 0 Å². The van der Waals surface area contributed by atoms with Gasteiger partial charge >= 0.3 is 11.9 Å². The van der Waals surface area contributed by atoms with Crippen LogP contribution in [0.5, 0.6) is 0 Å². The molecule has 0 aliphatic heterocycles. The number of aliphatic carboxylic acids is 2. The summed E-state index contributed by atoms with van der Waals surface area (Å²) >= 11 is 0. The molecule has 0 unspecified atom stereocenters. The Hall–Kier alpha value is -2.18. The minimum absolute atomic E-state index is 0.104. The first kappa shape index (κ1) is 12.3. The lowest BCUT2D eigenvalue weighted by Crippen LogP contribution is -2.11. The fourth-order valence-corrected chi connectivity index (χ4v) is 0.301. The van der Waals surface area contributed by atoms with Gasteiger partial charge in [0.1, 0.15) is 5.65 Å². The molecule has 18 heavy (non-hydrogen) atoms. The highest BCUT2D eigenvalue weighted by atomic mass is 16.4. The zero-order chi connectivity index (χ0) is 18.0. The molecule has 0 aromatic heterocycles. The van der Waals surface area contributed by atoms with Gasteiger partial charge in [0.2, 0.25) is 0 Å². The molecule has 102 valence electrons. The zero-order valence-electron chi connectivity index (χ0n) is 13.9. The predicted octanol–water partition coefficient (Wildman–Crippen LogP) is 0.530. The van der Waals surface area contributed by atoms with E-state index in [1.807, 2.05) is 0 Å². The average Bonchev–Trinajstić information content (AvgIpc) is 2.42. The normalized spacial score (nSPS) is 12.3. The van der Waals surface area contributed by atoms with Crippen LogP contribution in [-0.2, 0) is 9.59 Å². The van der Waals surface area contributed by atoms with Crippen LogP contribution in [0.1, 0.15) is 0 Å². The van der Waals surface area contributed by atoms with Gasteiger partial charge in [-0.05, 0) is 0 Å². The van der Waals surface area contributed by atoms with Gasteiger partial charge in [0.25, 0.3) is 0 Å². The lowest BCUT2D eigenvalue weighted by atomic mass is 10.5. The van der Waals surface area contributed by atoms with E-state index >= 15 is 0 Å². The number of hydrogen-bond donors (Lipinski definition) is 4. The van der Waals surface area contributed by atoms with E-state index in [0.29, 0.717) is 11.4 Å². The third kappa shape index (κ3) is 48.8. The molecule has 0 aromatic rings. The van der Waals surface area contributed by atoms with E-state index in [1.165, 1.54) is 24.3 Å². The van der Waals surface area contributed by atoms with Gasteiger partial charge in [-0.1, -0.05) is 37.5 Å². The largest absolute Gasteiger partial charge is 0.478 e. The summed E-state index contributed by atoms with van der Waals surface area (Å²) in [6, 6.07) is 0. The van der Waals surface area contributed by atoms with E-state index in [1.54, 1.807) is 0 Å². The Morgan fingerprint density at radius 1 is 1.00 bits per heavy atom. The van der Waals surface area contributed by atoms with Crippen molar-refractivity contribution in [2.75, 3.05) is 13.1 Å². The van der Waals surface area contributed by atoms with E-state index in [2.05, 4.69) is 13.2 Å². The molecule has 0 fully saturated rings. The molecule has 0 heterocycles. The van der Waals surface area contributed by atoms with Crippen LogP contribution in [-0.4, -0.2) is 35.2 Å². The molecule has 0 aromatic carbocycles. The second kappa shape index (κ2) is 20.3. The Labute approximate surface area is 112 Å². The Bertz CT molecular complexity index is 349. The van der Waals surface area contributed by atoms with Crippen molar-refractivity contribution in [2.24, 2.45) is 11.4 Å². The topological polar surface area (TPSA) is 127 Å². The van der Waals surface area contributed by atoms with Gasteiger partial charge in [-0.15, -0.1) is 0 Å². The molecule has 6 heteroatoms. The summed E-state index contributed by atoms with van der Waals surface area (Å²) in [4.78, 5) is 19.2.